The Morgan fingerprint density at radius 3 is 2.33 bits per heavy atom. The molecule has 1 fully saturated rings. The van der Waals surface area contributed by atoms with E-state index in [1.807, 2.05) is 45.9 Å². The number of aliphatic hydroxyl groups is 1. The van der Waals surface area contributed by atoms with Crippen molar-refractivity contribution in [3.63, 3.8) is 0 Å². The van der Waals surface area contributed by atoms with E-state index in [1.54, 1.807) is 36.4 Å². The summed E-state index contributed by atoms with van der Waals surface area (Å²) in [5.41, 5.74) is 2.72. The minimum Gasteiger partial charge on any atom is -0.507 e. The fourth-order valence-corrected chi connectivity index (χ4v) is 4.44. The number of carbonyl (C=O) groups is 2. The zero-order valence-corrected chi connectivity index (χ0v) is 20.7. The van der Waals surface area contributed by atoms with Crippen molar-refractivity contribution in [1.29, 1.82) is 0 Å². The fourth-order valence-electron chi connectivity index (χ4n) is 4.44. The first-order valence-corrected chi connectivity index (χ1v) is 11.8. The molecule has 1 unspecified atom stereocenters. The predicted octanol–water partition coefficient (Wildman–Crippen LogP) is 5.43. The number of carbonyl (C=O) groups excluding carboxylic acids is 2. The van der Waals surface area contributed by atoms with E-state index in [-0.39, 0.29) is 28.3 Å². The summed E-state index contributed by atoms with van der Waals surface area (Å²) in [5, 5.41) is 22.2. The van der Waals surface area contributed by atoms with E-state index in [0.29, 0.717) is 30.3 Å². The summed E-state index contributed by atoms with van der Waals surface area (Å²) in [7, 11) is 0. The lowest BCUT2D eigenvalue weighted by atomic mass is 9.94. The first kappa shape index (κ1) is 24.9. The van der Waals surface area contributed by atoms with Gasteiger partial charge in [-0.1, -0.05) is 35.9 Å². The van der Waals surface area contributed by atoms with Crippen molar-refractivity contribution in [2.45, 2.75) is 33.7 Å². The summed E-state index contributed by atoms with van der Waals surface area (Å²) in [6.45, 7) is 8.18. The fraction of sp³-hybridized carbons (Fsp3) is 0.241. The van der Waals surface area contributed by atoms with Gasteiger partial charge in [-0.3, -0.25) is 14.5 Å². The van der Waals surface area contributed by atoms with Gasteiger partial charge in [0.2, 0.25) is 0 Å². The molecule has 1 heterocycles. The molecule has 7 nitrogen and oxygen atoms in total. The van der Waals surface area contributed by atoms with Gasteiger partial charge in [0.1, 0.15) is 23.0 Å². The highest BCUT2D eigenvalue weighted by Gasteiger charge is 2.48. The summed E-state index contributed by atoms with van der Waals surface area (Å²) in [4.78, 5) is 28.1. The number of ketones is 1. The average molecular weight is 488 g/mol. The van der Waals surface area contributed by atoms with E-state index < -0.39 is 17.7 Å². The highest BCUT2D eigenvalue weighted by molar-refractivity contribution is 6.52. The molecule has 186 valence electrons. The van der Waals surface area contributed by atoms with E-state index in [2.05, 4.69) is 0 Å². The first-order chi connectivity index (χ1) is 17.3. The molecule has 4 rings (SSSR count). The maximum absolute atomic E-state index is 13.5. The summed E-state index contributed by atoms with van der Waals surface area (Å²) in [6.07, 6.45) is 0. The second kappa shape index (κ2) is 10.2. The Hall–Kier alpha value is -4.26. The molecule has 2 N–H and O–H groups in total. The Labute approximate surface area is 210 Å². The molecule has 0 saturated carbocycles. The van der Waals surface area contributed by atoms with Gasteiger partial charge in [0.05, 0.1) is 36.1 Å². The maximum Gasteiger partial charge on any atom is 0.300 e. The third-order valence-electron chi connectivity index (χ3n) is 6.01. The van der Waals surface area contributed by atoms with E-state index in [0.717, 1.165) is 11.1 Å². The normalized spacial score (nSPS) is 16.9. The lowest BCUT2D eigenvalue weighted by Gasteiger charge is -2.26. The van der Waals surface area contributed by atoms with Crippen molar-refractivity contribution >= 4 is 23.1 Å². The molecule has 0 aromatic heterocycles. The number of aromatic hydroxyl groups is 1. The van der Waals surface area contributed by atoms with Crippen LogP contribution in [0.2, 0.25) is 0 Å². The standard InChI is InChI=1S/C29H29NO6/c1-5-35-20-11-12-21(24(16-20)36-6-2)27(32)25-26(19-9-7-8-17(3)14-19)30(29(34)28(25)33)22-15-18(4)10-13-23(22)31/h7-16,26,31-32H,5-6H2,1-4H3/b27-25-. The predicted molar refractivity (Wildman–Crippen MR) is 138 cm³/mol. The minimum atomic E-state index is -0.960. The number of amides is 1. The number of aryl methyl sites for hydroxylation is 2. The Morgan fingerprint density at radius 2 is 1.64 bits per heavy atom. The lowest BCUT2D eigenvalue weighted by molar-refractivity contribution is -0.132. The van der Waals surface area contributed by atoms with Crippen LogP contribution in [-0.4, -0.2) is 35.1 Å². The number of anilines is 1. The van der Waals surface area contributed by atoms with E-state index >= 15 is 0 Å². The third kappa shape index (κ3) is 4.52. The van der Waals surface area contributed by atoms with Gasteiger partial charge >= 0.3 is 0 Å². The molecule has 0 radical (unpaired) electrons. The zero-order chi connectivity index (χ0) is 26.0. The monoisotopic (exact) mass is 487 g/mol. The van der Waals surface area contributed by atoms with Gasteiger partial charge in [-0.05, 0) is 63.1 Å². The summed E-state index contributed by atoms with van der Waals surface area (Å²) in [6, 6.07) is 16.2. The molecule has 0 spiro atoms. The van der Waals surface area contributed by atoms with Crippen LogP contribution in [0, 0.1) is 13.8 Å². The average Bonchev–Trinajstić information content (AvgIpc) is 3.11. The number of Topliss-reactive ketones (excluding diaryl/α,β-unsaturated/α-hetero) is 1. The second-order valence-electron chi connectivity index (χ2n) is 8.60. The molecule has 0 bridgehead atoms. The van der Waals surface area contributed by atoms with Crippen molar-refractivity contribution in [1.82, 2.24) is 0 Å². The van der Waals surface area contributed by atoms with Crippen LogP contribution in [0.1, 0.15) is 42.1 Å². The van der Waals surface area contributed by atoms with Gasteiger partial charge in [-0.25, -0.2) is 0 Å². The maximum atomic E-state index is 13.5. The summed E-state index contributed by atoms with van der Waals surface area (Å²) >= 11 is 0. The minimum absolute atomic E-state index is 0.0865. The number of phenols is 1. The summed E-state index contributed by atoms with van der Waals surface area (Å²) < 4.78 is 11.3. The van der Waals surface area contributed by atoms with Crippen LogP contribution in [-0.2, 0) is 9.59 Å². The SMILES string of the molecule is CCOc1ccc(/C(O)=C2/C(=O)C(=O)N(c3cc(C)ccc3O)C2c2cccc(C)c2)c(OCC)c1. The smallest absolute Gasteiger partial charge is 0.300 e. The van der Waals surface area contributed by atoms with Crippen molar-refractivity contribution in [3.05, 3.63) is 88.5 Å². The van der Waals surface area contributed by atoms with Crippen molar-refractivity contribution in [2.24, 2.45) is 0 Å². The Balaban J connectivity index is 1.98. The Morgan fingerprint density at radius 1 is 0.917 bits per heavy atom. The molecule has 36 heavy (non-hydrogen) atoms. The molecule has 1 atom stereocenters. The molecule has 3 aromatic carbocycles. The van der Waals surface area contributed by atoms with Gasteiger partial charge in [0.25, 0.3) is 11.7 Å². The molecule has 7 heteroatoms. The zero-order valence-electron chi connectivity index (χ0n) is 20.7. The number of nitrogens with zero attached hydrogens (tertiary/aromatic N) is 1. The molecule has 3 aromatic rings. The van der Waals surface area contributed by atoms with E-state index in [4.69, 9.17) is 9.47 Å². The number of hydrogen-bond acceptors (Lipinski definition) is 6. The first-order valence-electron chi connectivity index (χ1n) is 11.8. The van der Waals surface area contributed by atoms with Gasteiger partial charge in [0.15, 0.2) is 0 Å². The van der Waals surface area contributed by atoms with Crippen LogP contribution >= 0.6 is 0 Å². The van der Waals surface area contributed by atoms with Gasteiger partial charge in [-0.15, -0.1) is 0 Å². The van der Waals surface area contributed by atoms with Gasteiger partial charge in [0, 0.05) is 6.07 Å². The number of benzene rings is 3. The third-order valence-corrected chi connectivity index (χ3v) is 6.01. The van der Waals surface area contributed by atoms with E-state index in [1.165, 1.54) is 11.0 Å². The number of aliphatic hydroxyl groups excluding tert-OH is 1. The number of phenolic OH excluding ortho intramolecular Hbond substituents is 1. The largest absolute Gasteiger partial charge is 0.507 e. The highest BCUT2D eigenvalue weighted by Crippen LogP contribution is 2.46. The van der Waals surface area contributed by atoms with Crippen molar-refractivity contribution < 1.29 is 29.3 Å². The Bertz CT molecular complexity index is 1360. The quantitative estimate of drug-likeness (QED) is 0.262. The van der Waals surface area contributed by atoms with Crippen LogP contribution in [0.5, 0.6) is 17.2 Å². The molecule has 0 aliphatic carbocycles. The topological polar surface area (TPSA) is 96.3 Å². The summed E-state index contributed by atoms with van der Waals surface area (Å²) in [5.74, 6) is -1.31. The lowest BCUT2D eigenvalue weighted by Crippen LogP contribution is -2.29. The van der Waals surface area contributed by atoms with Crippen LogP contribution in [0.3, 0.4) is 0 Å². The molecular weight excluding hydrogens is 458 g/mol. The van der Waals surface area contributed by atoms with Crippen LogP contribution in [0.15, 0.2) is 66.2 Å². The van der Waals surface area contributed by atoms with Crippen LogP contribution in [0.25, 0.3) is 5.76 Å². The second-order valence-corrected chi connectivity index (χ2v) is 8.60. The van der Waals surface area contributed by atoms with Crippen LogP contribution < -0.4 is 14.4 Å². The Kier molecular flexibility index (Phi) is 7.01. The molecular formula is C29H29NO6. The molecule has 1 saturated heterocycles. The number of hydrogen-bond donors (Lipinski definition) is 2. The molecule has 1 aliphatic rings. The number of ether oxygens (including phenoxy) is 2. The van der Waals surface area contributed by atoms with Crippen molar-refractivity contribution in [2.75, 3.05) is 18.1 Å². The van der Waals surface area contributed by atoms with Crippen molar-refractivity contribution in [3.8, 4) is 17.2 Å². The number of rotatable bonds is 7. The van der Waals surface area contributed by atoms with Crippen LogP contribution in [0.4, 0.5) is 5.69 Å². The molecule has 1 amide bonds. The van der Waals surface area contributed by atoms with Gasteiger partial charge < -0.3 is 19.7 Å². The van der Waals surface area contributed by atoms with Gasteiger partial charge in [-0.2, -0.15) is 0 Å². The highest BCUT2D eigenvalue weighted by atomic mass is 16.5. The molecule has 1 aliphatic heterocycles. The van der Waals surface area contributed by atoms with E-state index in [9.17, 15) is 19.8 Å².